The molecule has 1 atom stereocenters. The Morgan fingerprint density at radius 1 is 1.40 bits per heavy atom. The molecule has 1 aromatic carbocycles. The van der Waals surface area contributed by atoms with Gasteiger partial charge < -0.3 is 20.7 Å². The lowest BCUT2D eigenvalue weighted by atomic mass is 9.85. The quantitative estimate of drug-likeness (QED) is 0.499. The number of carbonyl (C=O) groups is 1. The molecule has 1 aliphatic rings. The monoisotopic (exact) mass is 346 g/mol. The Hall–Kier alpha value is -2.08. The first kappa shape index (κ1) is 19.2. The van der Waals surface area contributed by atoms with Crippen molar-refractivity contribution in [2.24, 2.45) is 10.9 Å². The molecular formula is C19H30N4O2. The Bertz CT molecular complexity index is 585. The van der Waals surface area contributed by atoms with E-state index in [0.717, 1.165) is 43.0 Å². The summed E-state index contributed by atoms with van der Waals surface area (Å²) in [6, 6.07) is 8.06. The first-order valence-electron chi connectivity index (χ1n) is 9.06. The van der Waals surface area contributed by atoms with Crippen molar-refractivity contribution < 1.29 is 9.53 Å². The number of nitrogens with one attached hydrogen (secondary N) is 3. The third kappa shape index (κ3) is 6.38. The van der Waals surface area contributed by atoms with Crippen molar-refractivity contribution in [3.8, 4) is 0 Å². The number of methoxy groups -OCH3 is 1. The van der Waals surface area contributed by atoms with Gasteiger partial charge in [0.25, 0.3) is 0 Å². The second kappa shape index (κ2) is 10.0. The van der Waals surface area contributed by atoms with Gasteiger partial charge in [0, 0.05) is 31.3 Å². The molecule has 6 nitrogen and oxygen atoms in total. The fourth-order valence-electron chi connectivity index (χ4n) is 2.68. The fourth-order valence-corrected chi connectivity index (χ4v) is 2.68. The van der Waals surface area contributed by atoms with E-state index in [2.05, 4.69) is 20.9 Å². The zero-order valence-electron chi connectivity index (χ0n) is 15.5. The second-order valence-electron chi connectivity index (χ2n) is 6.51. The van der Waals surface area contributed by atoms with Gasteiger partial charge in [-0.2, -0.15) is 0 Å². The van der Waals surface area contributed by atoms with Crippen LogP contribution in [0.1, 0.15) is 38.7 Å². The van der Waals surface area contributed by atoms with Crippen molar-refractivity contribution in [2.75, 3.05) is 25.6 Å². The SMILES string of the molecule is CCNC(=NCc1cccc(NC(=O)C2CCC2)c1)NC(C)COC. The molecule has 25 heavy (non-hydrogen) atoms. The van der Waals surface area contributed by atoms with Crippen molar-refractivity contribution >= 4 is 17.6 Å². The molecule has 3 N–H and O–H groups in total. The predicted octanol–water partition coefficient (Wildman–Crippen LogP) is 2.52. The van der Waals surface area contributed by atoms with Gasteiger partial charge in [0.2, 0.25) is 5.91 Å². The van der Waals surface area contributed by atoms with Crippen LogP contribution in [0, 0.1) is 5.92 Å². The number of hydrogen-bond donors (Lipinski definition) is 3. The van der Waals surface area contributed by atoms with Gasteiger partial charge in [0.05, 0.1) is 13.2 Å². The fraction of sp³-hybridized carbons (Fsp3) is 0.579. The number of guanidine groups is 1. The molecule has 0 bridgehead atoms. The maximum atomic E-state index is 12.1. The standard InChI is InChI=1S/C19H30N4O2/c1-4-20-19(22-14(2)13-25-3)21-12-15-7-5-10-17(11-15)23-18(24)16-8-6-9-16/h5,7,10-11,14,16H,4,6,8-9,12-13H2,1-3H3,(H,23,24)(H2,20,21,22). The third-order valence-corrected chi connectivity index (χ3v) is 4.23. The van der Waals surface area contributed by atoms with E-state index >= 15 is 0 Å². The maximum Gasteiger partial charge on any atom is 0.227 e. The molecule has 1 saturated carbocycles. The summed E-state index contributed by atoms with van der Waals surface area (Å²) >= 11 is 0. The first-order chi connectivity index (χ1) is 12.1. The van der Waals surface area contributed by atoms with Crippen LogP contribution in [-0.4, -0.2) is 38.2 Å². The summed E-state index contributed by atoms with van der Waals surface area (Å²) in [7, 11) is 1.69. The van der Waals surface area contributed by atoms with Crippen molar-refractivity contribution in [2.45, 2.75) is 45.7 Å². The van der Waals surface area contributed by atoms with Crippen LogP contribution in [0.4, 0.5) is 5.69 Å². The largest absolute Gasteiger partial charge is 0.383 e. The van der Waals surface area contributed by atoms with Crippen molar-refractivity contribution in [1.29, 1.82) is 0 Å². The summed E-state index contributed by atoms with van der Waals surface area (Å²) in [6.45, 7) is 6.04. The number of rotatable bonds is 8. The molecule has 0 spiro atoms. The zero-order valence-corrected chi connectivity index (χ0v) is 15.5. The summed E-state index contributed by atoms with van der Waals surface area (Å²) in [5, 5.41) is 9.55. The first-order valence-corrected chi connectivity index (χ1v) is 9.06. The maximum absolute atomic E-state index is 12.1. The van der Waals surface area contributed by atoms with Crippen molar-refractivity contribution in [3.63, 3.8) is 0 Å². The van der Waals surface area contributed by atoms with E-state index in [9.17, 15) is 4.79 Å². The van der Waals surface area contributed by atoms with E-state index < -0.39 is 0 Å². The van der Waals surface area contributed by atoms with E-state index in [-0.39, 0.29) is 17.9 Å². The molecule has 0 saturated heterocycles. The smallest absolute Gasteiger partial charge is 0.227 e. The number of ether oxygens (including phenoxy) is 1. The highest BCUT2D eigenvalue weighted by Crippen LogP contribution is 2.27. The number of nitrogens with zero attached hydrogens (tertiary/aromatic N) is 1. The molecule has 1 aromatic rings. The number of carbonyl (C=O) groups excluding carboxylic acids is 1. The number of benzene rings is 1. The van der Waals surface area contributed by atoms with Gasteiger partial charge >= 0.3 is 0 Å². The Kier molecular flexibility index (Phi) is 7.73. The van der Waals surface area contributed by atoms with Crippen LogP contribution >= 0.6 is 0 Å². The van der Waals surface area contributed by atoms with Crippen LogP contribution in [0.5, 0.6) is 0 Å². The average Bonchev–Trinajstić information content (AvgIpc) is 2.51. The van der Waals surface area contributed by atoms with Crippen molar-refractivity contribution in [1.82, 2.24) is 10.6 Å². The Labute approximate surface area is 150 Å². The normalized spacial score (nSPS) is 16.0. The van der Waals surface area contributed by atoms with E-state index in [0.29, 0.717) is 13.2 Å². The van der Waals surface area contributed by atoms with Crippen LogP contribution in [0.15, 0.2) is 29.3 Å². The van der Waals surface area contributed by atoms with Gasteiger partial charge in [0.15, 0.2) is 5.96 Å². The second-order valence-corrected chi connectivity index (χ2v) is 6.51. The highest BCUT2D eigenvalue weighted by atomic mass is 16.5. The minimum atomic E-state index is 0.135. The van der Waals surface area contributed by atoms with E-state index in [1.54, 1.807) is 7.11 Å². The molecule has 1 unspecified atom stereocenters. The molecule has 0 radical (unpaired) electrons. The highest BCUT2D eigenvalue weighted by Gasteiger charge is 2.25. The van der Waals surface area contributed by atoms with Crippen LogP contribution < -0.4 is 16.0 Å². The lowest BCUT2D eigenvalue weighted by molar-refractivity contribution is -0.122. The van der Waals surface area contributed by atoms with Crippen LogP contribution in [-0.2, 0) is 16.1 Å². The van der Waals surface area contributed by atoms with Crippen LogP contribution in [0.2, 0.25) is 0 Å². The van der Waals surface area contributed by atoms with Gasteiger partial charge in [-0.3, -0.25) is 4.79 Å². The van der Waals surface area contributed by atoms with Crippen LogP contribution in [0.3, 0.4) is 0 Å². The number of amides is 1. The lowest BCUT2D eigenvalue weighted by Crippen LogP contribution is -2.43. The number of anilines is 1. The van der Waals surface area contributed by atoms with Gasteiger partial charge in [-0.15, -0.1) is 0 Å². The van der Waals surface area contributed by atoms with Crippen LogP contribution in [0.25, 0.3) is 0 Å². The summed E-state index contributed by atoms with van der Waals surface area (Å²) in [6.07, 6.45) is 3.18. The molecular weight excluding hydrogens is 316 g/mol. The minimum absolute atomic E-state index is 0.135. The Morgan fingerprint density at radius 3 is 2.84 bits per heavy atom. The summed E-state index contributed by atoms with van der Waals surface area (Å²) in [4.78, 5) is 16.7. The summed E-state index contributed by atoms with van der Waals surface area (Å²) in [5.74, 6) is 1.08. The van der Waals surface area contributed by atoms with Gasteiger partial charge in [0.1, 0.15) is 0 Å². The topological polar surface area (TPSA) is 74.8 Å². The lowest BCUT2D eigenvalue weighted by Gasteiger charge is -2.24. The molecule has 0 heterocycles. The molecule has 1 amide bonds. The molecule has 2 rings (SSSR count). The Balaban J connectivity index is 1.94. The number of hydrogen-bond acceptors (Lipinski definition) is 3. The molecule has 6 heteroatoms. The van der Waals surface area contributed by atoms with Gasteiger partial charge in [-0.05, 0) is 44.4 Å². The zero-order chi connectivity index (χ0) is 18.1. The predicted molar refractivity (Wildman–Crippen MR) is 102 cm³/mol. The minimum Gasteiger partial charge on any atom is -0.383 e. The van der Waals surface area contributed by atoms with E-state index in [1.807, 2.05) is 38.1 Å². The Morgan fingerprint density at radius 2 is 2.20 bits per heavy atom. The molecule has 1 aliphatic carbocycles. The molecule has 0 aromatic heterocycles. The van der Waals surface area contributed by atoms with E-state index in [4.69, 9.17) is 4.74 Å². The molecule has 0 aliphatic heterocycles. The summed E-state index contributed by atoms with van der Waals surface area (Å²) in [5.41, 5.74) is 1.90. The van der Waals surface area contributed by atoms with Crippen molar-refractivity contribution in [3.05, 3.63) is 29.8 Å². The third-order valence-electron chi connectivity index (χ3n) is 4.23. The average molecular weight is 346 g/mol. The van der Waals surface area contributed by atoms with Gasteiger partial charge in [-0.25, -0.2) is 4.99 Å². The molecule has 138 valence electrons. The number of aliphatic imine (C=N–C) groups is 1. The summed E-state index contributed by atoms with van der Waals surface area (Å²) < 4.78 is 5.15. The van der Waals surface area contributed by atoms with Gasteiger partial charge in [-0.1, -0.05) is 18.6 Å². The molecule has 1 fully saturated rings. The highest BCUT2D eigenvalue weighted by molar-refractivity contribution is 5.93. The van der Waals surface area contributed by atoms with E-state index in [1.165, 1.54) is 0 Å².